The topological polar surface area (TPSA) is 53.0 Å². The van der Waals surface area contributed by atoms with E-state index in [2.05, 4.69) is 4.99 Å². The first-order chi connectivity index (χ1) is 9.66. The molecular formula is C15H13N3O2. The first kappa shape index (κ1) is 12.3. The molecule has 2 aliphatic rings. The average molecular weight is 267 g/mol. The summed E-state index contributed by atoms with van der Waals surface area (Å²) in [4.78, 5) is 30.7. The summed E-state index contributed by atoms with van der Waals surface area (Å²) < 4.78 is 0. The van der Waals surface area contributed by atoms with Crippen LogP contribution in [0.1, 0.15) is 5.56 Å². The fourth-order valence-corrected chi connectivity index (χ4v) is 2.16. The molecule has 0 radical (unpaired) electrons. The third kappa shape index (κ3) is 2.03. The van der Waals surface area contributed by atoms with Crippen molar-refractivity contribution in [3.8, 4) is 0 Å². The Bertz CT molecular complexity index is 659. The van der Waals surface area contributed by atoms with Crippen LogP contribution in [0.4, 0.5) is 0 Å². The van der Waals surface area contributed by atoms with Crippen LogP contribution in [0.5, 0.6) is 0 Å². The van der Waals surface area contributed by atoms with Crippen molar-refractivity contribution in [3.05, 3.63) is 53.7 Å². The maximum atomic E-state index is 12.0. The highest BCUT2D eigenvalue weighted by atomic mass is 16.2. The second kappa shape index (κ2) is 4.77. The van der Waals surface area contributed by atoms with Gasteiger partial charge in [-0.25, -0.2) is 9.89 Å². The zero-order chi connectivity index (χ0) is 14.1. The summed E-state index contributed by atoms with van der Waals surface area (Å²) in [7, 11) is 1.74. The molecule has 1 aromatic carbocycles. The van der Waals surface area contributed by atoms with E-state index in [4.69, 9.17) is 0 Å². The number of likely N-dealkylation sites (N-methyl/N-ethyl adjacent to an activating group) is 1. The van der Waals surface area contributed by atoms with Gasteiger partial charge in [0, 0.05) is 7.05 Å². The van der Waals surface area contributed by atoms with Crippen molar-refractivity contribution in [2.24, 2.45) is 4.99 Å². The van der Waals surface area contributed by atoms with Gasteiger partial charge >= 0.3 is 0 Å². The monoisotopic (exact) mass is 267 g/mol. The van der Waals surface area contributed by atoms with Gasteiger partial charge in [-0.15, -0.1) is 0 Å². The summed E-state index contributed by atoms with van der Waals surface area (Å²) in [6.07, 6.45) is 5.27. The number of hydrogen-bond donors (Lipinski definition) is 0. The highest BCUT2D eigenvalue weighted by molar-refractivity contribution is 6.24. The Hall–Kier alpha value is -2.69. The number of allylic oxidation sites excluding steroid dienone is 2. The molecule has 3 rings (SSSR count). The van der Waals surface area contributed by atoms with Crippen molar-refractivity contribution in [2.75, 3.05) is 13.6 Å². The van der Waals surface area contributed by atoms with Crippen LogP contribution < -0.4 is 0 Å². The van der Waals surface area contributed by atoms with Gasteiger partial charge in [-0.3, -0.25) is 9.59 Å². The summed E-state index contributed by atoms with van der Waals surface area (Å²) in [5.74, 6) is -0.168. The van der Waals surface area contributed by atoms with Crippen LogP contribution in [0.2, 0.25) is 0 Å². The van der Waals surface area contributed by atoms with Gasteiger partial charge in [0.15, 0.2) is 0 Å². The third-order valence-corrected chi connectivity index (χ3v) is 3.15. The molecule has 100 valence electrons. The van der Waals surface area contributed by atoms with E-state index in [0.29, 0.717) is 5.96 Å². The van der Waals surface area contributed by atoms with Gasteiger partial charge in [-0.2, -0.15) is 0 Å². The lowest BCUT2D eigenvalue weighted by atomic mass is 10.2. The second-order valence-corrected chi connectivity index (χ2v) is 4.62. The van der Waals surface area contributed by atoms with Crippen LogP contribution in [0, 0.1) is 0 Å². The van der Waals surface area contributed by atoms with Crippen molar-refractivity contribution in [1.82, 2.24) is 9.80 Å². The highest BCUT2D eigenvalue weighted by Gasteiger charge is 2.42. The number of carbonyl (C=O) groups excluding carboxylic acids is 2. The third-order valence-electron chi connectivity index (χ3n) is 3.15. The van der Waals surface area contributed by atoms with E-state index in [1.54, 1.807) is 24.1 Å². The number of guanidine groups is 1. The smallest absolute Gasteiger partial charge is 0.286 e. The molecule has 0 bridgehead atoms. The van der Waals surface area contributed by atoms with Crippen LogP contribution in [0.25, 0.3) is 6.08 Å². The number of imide groups is 1. The maximum absolute atomic E-state index is 12.0. The standard InChI is InChI=1S/C15H13N3O2/c1-17-10-13(19)18-14(20)12(16-15(17)18)9-5-8-11-6-3-2-4-7-11/h2-9H,10H2,1H3/b8-5+,12-9-. The molecule has 1 fully saturated rings. The number of aliphatic imine (C=N–C) groups is 1. The Balaban J connectivity index is 1.82. The quantitative estimate of drug-likeness (QED) is 0.598. The normalized spacial score (nSPS) is 20.2. The minimum Gasteiger partial charge on any atom is -0.335 e. The van der Waals surface area contributed by atoms with Crippen LogP contribution in [-0.2, 0) is 9.59 Å². The summed E-state index contributed by atoms with van der Waals surface area (Å²) >= 11 is 0. The fraction of sp³-hybridized carbons (Fsp3) is 0.133. The van der Waals surface area contributed by atoms with Crippen LogP contribution >= 0.6 is 0 Å². The van der Waals surface area contributed by atoms with Crippen LogP contribution in [0.15, 0.2) is 53.2 Å². The molecule has 2 amide bonds. The van der Waals surface area contributed by atoms with Gasteiger partial charge < -0.3 is 4.90 Å². The Kier molecular flexibility index (Phi) is 2.95. The van der Waals surface area contributed by atoms with Gasteiger partial charge in [0.25, 0.3) is 11.8 Å². The Morgan fingerprint density at radius 1 is 1.20 bits per heavy atom. The molecule has 0 saturated carbocycles. The Labute approximate surface area is 116 Å². The molecule has 0 aromatic heterocycles. The molecule has 5 nitrogen and oxygen atoms in total. The predicted molar refractivity (Wildman–Crippen MR) is 75.5 cm³/mol. The van der Waals surface area contributed by atoms with Crippen LogP contribution in [-0.4, -0.2) is 41.2 Å². The molecule has 0 N–H and O–H groups in total. The largest absolute Gasteiger partial charge is 0.335 e. The molecule has 0 atom stereocenters. The lowest BCUT2D eigenvalue weighted by molar-refractivity contribution is -0.134. The molecule has 0 unspecified atom stereocenters. The zero-order valence-electron chi connectivity index (χ0n) is 11.0. The summed E-state index contributed by atoms with van der Waals surface area (Å²) in [5.41, 5.74) is 1.32. The Morgan fingerprint density at radius 2 is 1.95 bits per heavy atom. The second-order valence-electron chi connectivity index (χ2n) is 4.62. The van der Waals surface area contributed by atoms with Gasteiger partial charge in [-0.05, 0) is 11.6 Å². The van der Waals surface area contributed by atoms with Gasteiger partial charge in [0.05, 0.1) is 0 Å². The molecular weight excluding hydrogens is 254 g/mol. The summed E-state index contributed by atoms with van der Waals surface area (Å²) in [6, 6.07) is 9.76. The average Bonchev–Trinajstić information content (AvgIpc) is 2.91. The molecule has 1 saturated heterocycles. The number of fused-ring (bicyclic) bond motifs is 1. The lowest BCUT2D eigenvalue weighted by Crippen LogP contribution is -2.33. The van der Waals surface area contributed by atoms with Crippen molar-refractivity contribution in [3.63, 3.8) is 0 Å². The molecule has 5 heteroatoms. The molecule has 2 heterocycles. The summed E-state index contributed by atoms with van der Waals surface area (Å²) in [6.45, 7) is 0.206. The minimum absolute atomic E-state index is 0.206. The van der Waals surface area contributed by atoms with Crippen molar-refractivity contribution in [1.29, 1.82) is 0 Å². The number of nitrogens with zero attached hydrogens (tertiary/aromatic N) is 3. The first-order valence-electron chi connectivity index (χ1n) is 6.27. The van der Waals surface area contributed by atoms with Crippen molar-refractivity contribution >= 4 is 23.8 Å². The molecule has 0 aliphatic carbocycles. The van der Waals surface area contributed by atoms with E-state index in [1.165, 1.54) is 0 Å². The minimum atomic E-state index is -0.355. The van der Waals surface area contributed by atoms with Gasteiger partial charge in [-0.1, -0.05) is 42.5 Å². The van der Waals surface area contributed by atoms with Gasteiger partial charge in [0.1, 0.15) is 12.2 Å². The maximum Gasteiger partial charge on any atom is 0.286 e. The molecule has 20 heavy (non-hydrogen) atoms. The SMILES string of the molecule is CN1CC(=O)N2C(=O)/C(=C/C=C/c3ccccc3)N=C12. The Morgan fingerprint density at radius 3 is 2.65 bits per heavy atom. The number of rotatable bonds is 2. The van der Waals surface area contributed by atoms with E-state index in [0.717, 1.165) is 10.5 Å². The number of benzene rings is 1. The van der Waals surface area contributed by atoms with Crippen molar-refractivity contribution < 1.29 is 9.59 Å². The summed E-state index contributed by atoms with van der Waals surface area (Å²) in [5, 5.41) is 0. The van der Waals surface area contributed by atoms with E-state index in [-0.39, 0.29) is 24.1 Å². The highest BCUT2D eigenvalue weighted by Crippen LogP contribution is 2.21. The van der Waals surface area contributed by atoms with E-state index >= 15 is 0 Å². The predicted octanol–water partition coefficient (Wildman–Crippen LogP) is 1.25. The number of amides is 2. The van der Waals surface area contributed by atoms with Crippen LogP contribution in [0.3, 0.4) is 0 Å². The van der Waals surface area contributed by atoms with Crippen molar-refractivity contribution in [2.45, 2.75) is 0 Å². The molecule has 1 aromatic rings. The van der Waals surface area contributed by atoms with Gasteiger partial charge in [0.2, 0.25) is 5.96 Å². The molecule has 2 aliphatic heterocycles. The zero-order valence-corrected chi connectivity index (χ0v) is 11.0. The lowest BCUT2D eigenvalue weighted by Gasteiger charge is -2.07. The fourth-order valence-electron chi connectivity index (χ4n) is 2.16. The first-order valence-corrected chi connectivity index (χ1v) is 6.27. The van der Waals surface area contributed by atoms with E-state index in [1.807, 2.05) is 36.4 Å². The number of hydrogen-bond acceptors (Lipinski definition) is 4. The van der Waals surface area contributed by atoms with E-state index < -0.39 is 0 Å². The molecule has 0 spiro atoms. The number of carbonyl (C=O) groups is 2. The van der Waals surface area contributed by atoms with E-state index in [9.17, 15) is 9.59 Å².